The second kappa shape index (κ2) is 17.7. The Morgan fingerprint density at radius 3 is 2.45 bits per heavy atom. The lowest BCUT2D eigenvalue weighted by Crippen LogP contribution is -2.42. The van der Waals surface area contributed by atoms with Gasteiger partial charge < -0.3 is 39.2 Å². The molecule has 2 aliphatic heterocycles. The summed E-state index contributed by atoms with van der Waals surface area (Å²) in [5.41, 5.74) is 0.486. The first-order valence-corrected chi connectivity index (χ1v) is 13.6. The number of aliphatic carboxylic acids is 1. The van der Waals surface area contributed by atoms with E-state index in [0.29, 0.717) is 11.3 Å². The lowest BCUT2D eigenvalue weighted by molar-refractivity contribution is -0.195. The molecule has 3 N–H and O–H groups in total. The minimum Gasteiger partial charge on any atom is -0.491 e. The van der Waals surface area contributed by atoms with Crippen LogP contribution in [0.5, 0.6) is 11.5 Å². The van der Waals surface area contributed by atoms with Crippen LogP contribution in [0.15, 0.2) is 30.4 Å². The molecule has 14 heteroatoms. The maximum atomic E-state index is 11.9. The molecule has 232 valence electrons. The highest BCUT2D eigenvalue weighted by atomic mass is 16.7. The van der Waals surface area contributed by atoms with E-state index in [-0.39, 0.29) is 70.4 Å². The third-order valence-corrected chi connectivity index (χ3v) is 5.80. The molecule has 1 aromatic rings. The van der Waals surface area contributed by atoms with Gasteiger partial charge in [-0.2, -0.15) is 0 Å². The predicted molar refractivity (Wildman–Crippen MR) is 145 cm³/mol. The van der Waals surface area contributed by atoms with Crippen molar-refractivity contribution in [2.24, 2.45) is 0 Å². The highest BCUT2D eigenvalue weighted by Gasteiger charge is 2.34. The number of aliphatic hydroxyl groups excluding tert-OH is 1. The molecule has 3 amide bonds. The summed E-state index contributed by atoms with van der Waals surface area (Å²) in [6, 6.07) is 4.79. The number of rotatable bonds is 15. The summed E-state index contributed by atoms with van der Waals surface area (Å²) >= 11 is 0. The van der Waals surface area contributed by atoms with Crippen LogP contribution >= 0.6 is 0 Å². The molecule has 0 saturated carbocycles. The van der Waals surface area contributed by atoms with Gasteiger partial charge in [-0.05, 0) is 12.1 Å². The fourth-order valence-corrected chi connectivity index (χ4v) is 3.81. The largest absolute Gasteiger partial charge is 0.491 e. The Bertz CT molecular complexity index is 1100. The molecular weight excluding hydrogens is 556 g/mol. The number of carbonyl (C=O) groups excluding carboxylic acids is 4. The second-order valence-corrected chi connectivity index (χ2v) is 8.91. The summed E-state index contributed by atoms with van der Waals surface area (Å²) in [5.74, 6) is -2.28. The van der Waals surface area contributed by atoms with Crippen LogP contribution in [0.25, 0.3) is 0 Å². The zero-order valence-electron chi connectivity index (χ0n) is 23.9. The van der Waals surface area contributed by atoms with Crippen molar-refractivity contribution in [3.05, 3.63) is 35.9 Å². The first-order valence-electron chi connectivity index (χ1n) is 13.6. The van der Waals surface area contributed by atoms with E-state index in [4.69, 9.17) is 23.7 Å². The molecule has 0 spiro atoms. The van der Waals surface area contributed by atoms with E-state index in [1.54, 1.807) is 12.1 Å². The van der Waals surface area contributed by atoms with E-state index in [9.17, 15) is 34.2 Å². The zero-order valence-corrected chi connectivity index (χ0v) is 23.9. The molecule has 1 fully saturated rings. The molecule has 3 unspecified atom stereocenters. The van der Waals surface area contributed by atoms with Crippen LogP contribution in [0.2, 0.25) is 0 Å². The number of benzene rings is 1. The number of amides is 3. The van der Waals surface area contributed by atoms with Gasteiger partial charge in [-0.25, -0.2) is 4.79 Å². The van der Waals surface area contributed by atoms with E-state index < -0.39 is 42.3 Å². The molecule has 2 heterocycles. The number of carboxylic acid groups (broad SMARTS) is 1. The zero-order chi connectivity index (χ0) is 31.1. The average molecular weight is 595 g/mol. The van der Waals surface area contributed by atoms with E-state index in [1.165, 1.54) is 13.0 Å². The van der Waals surface area contributed by atoms with Gasteiger partial charge in [0.15, 0.2) is 6.10 Å². The summed E-state index contributed by atoms with van der Waals surface area (Å²) in [7, 11) is 0. The molecule has 1 aromatic carbocycles. The van der Waals surface area contributed by atoms with Gasteiger partial charge in [0, 0.05) is 63.1 Å². The van der Waals surface area contributed by atoms with E-state index >= 15 is 0 Å². The topological polar surface area (TPSA) is 187 Å². The van der Waals surface area contributed by atoms with E-state index in [0.717, 1.165) is 17.1 Å². The fraction of sp³-hybridized carbons (Fsp3) is 0.536. The number of imide groups is 1. The van der Waals surface area contributed by atoms with Crippen molar-refractivity contribution >= 4 is 29.7 Å². The number of esters is 1. The summed E-state index contributed by atoms with van der Waals surface area (Å²) in [6.07, 6.45) is -0.872. The number of carbonyl (C=O) groups is 5. The van der Waals surface area contributed by atoms with Crippen LogP contribution in [-0.2, 0) is 44.8 Å². The third-order valence-electron chi connectivity index (χ3n) is 5.80. The molecule has 3 atom stereocenters. The van der Waals surface area contributed by atoms with Crippen molar-refractivity contribution in [3.63, 3.8) is 0 Å². The Balaban J connectivity index is 0.00000301. The standard InChI is InChI=1S/C26H32N2O12.C2H6/c1-16(29)38-15-17-2-3-19(14-20(17)39-25-13-18(30)12-21(40-25)26(34)35)37-11-10-36-9-7-27-22(31)6-8-28-23(32)4-5-24(28)33;1-2/h2-5,14,18,21,25,30H,6-13,15H2,1H3,(H,27,31)(H,34,35);1-2H3. The maximum Gasteiger partial charge on any atom is 0.333 e. The Kier molecular flexibility index (Phi) is 14.4. The molecular formula is C28H38N2O12. The Morgan fingerprint density at radius 2 is 1.79 bits per heavy atom. The Labute approximate surface area is 243 Å². The Hall–Kier alpha value is -4.01. The van der Waals surface area contributed by atoms with Crippen LogP contribution in [-0.4, -0.2) is 96.2 Å². The molecule has 14 nitrogen and oxygen atoms in total. The van der Waals surface area contributed by atoms with Crippen molar-refractivity contribution < 1.29 is 57.9 Å². The number of nitrogens with one attached hydrogen (secondary N) is 1. The van der Waals surface area contributed by atoms with Crippen molar-refractivity contribution in [1.29, 1.82) is 0 Å². The molecule has 0 bridgehead atoms. The lowest BCUT2D eigenvalue weighted by atomic mass is 10.1. The van der Waals surface area contributed by atoms with Crippen molar-refractivity contribution in [2.45, 2.75) is 65.1 Å². The fourth-order valence-electron chi connectivity index (χ4n) is 3.81. The highest BCUT2D eigenvalue weighted by molar-refractivity contribution is 6.13. The van der Waals surface area contributed by atoms with Crippen LogP contribution in [0.3, 0.4) is 0 Å². The van der Waals surface area contributed by atoms with Gasteiger partial charge in [-0.1, -0.05) is 13.8 Å². The van der Waals surface area contributed by atoms with Crippen LogP contribution in [0.1, 0.15) is 45.6 Å². The normalized spacial score (nSPS) is 19.5. The average Bonchev–Trinajstić information content (AvgIpc) is 3.28. The van der Waals surface area contributed by atoms with Crippen LogP contribution in [0, 0.1) is 0 Å². The van der Waals surface area contributed by atoms with Gasteiger partial charge in [-0.15, -0.1) is 0 Å². The minimum atomic E-state index is -1.22. The molecule has 1 saturated heterocycles. The van der Waals surface area contributed by atoms with Gasteiger partial charge in [0.1, 0.15) is 24.7 Å². The van der Waals surface area contributed by atoms with Gasteiger partial charge in [0.2, 0.25) is 12.2 Å². The monoisotopic (exact) mass is 594 g/mol. The van der Waals surface area contributed by atoms with Crippen molar-refractivity contribution in [1.82, 2.24) is 10.2 Å². The van der Waals surface area contributed by atoms with E-state index in [2.05, 4.69) is 5.32 Å². The summed E-state index contributed by atoms with van der Waals surface area (Å²) in [5, 5.41) is 21.9. The van der Waals surface area contributed by atoms with Crippen molar-refractivity contribution in [3.8, 4) is 11.5 Å². The van der Waals surface area contributed by atoms with Gasteiger partial charge >= 0.3 is 11.9 Å². The SMILES string of the molecule is CC.CC(=O)OCc1ccc(OCCOCCNC(=O)CCN2C(=O)C=CC2=O)cc1OC1CC(O)CC(C(=O)O)O1. The Morgan fingerprint density at radius 1 is 1.07 bits per heavy atom. The molecule has 0 aliphatic carbocycles. The minimum absolute atomic E-state index is 0.00413. The van der Waals surface area contributed by atoms with Crippen LogP contribution in [0.4, 0.5) is 0 Å². The molecule has 42 heavy (non-hydrogen) atoms. The number of carboxylic acids is 1. The highest BCUT2D eigenvalue weighted by Crippen LogP contribution is 2.30. The number of aliphatic hydroxyl groups is 1. The molecule has 0 aromatic heterocycles. The van der Waals surface area contributed by atoms with Crippen molar-refractivity contribution in [2.75, 3.05) is 32.9 Å². The quantitative estimate of drug-likeness (QED) is 0.148. The molecule has 0 radical (unpaired) electrons. The van der Waals surface area contributed by atoms with E-state index in [1.807, 2.05) is 13.8 Å². The number of hydrogen-bond acceptors (Lipinski definition) is 11. The van der Waals surface area contributed by atoms with Gasteiger partial charge in [0.25, 0.3) is 11.8 Å². The molecule has 3 rings (SSSR count). The van der Waals surface area contributed by atoms with Gasteiger partial charge in [-0.3, -0.25) is 24.1 Å². The first-order chi connectivity index (χ1) is 20.1. The molecule has 2 aliphatic rings. The number of nitrogens with zero attached hydrogens (tertiary/aromatic N) is 1. The second-order valence-electron chi connectivity index (χ2n) is 8.91. The maximum absolute atomic E-state index is 11.9. The van der Waals surface area contributed by atoms with Gasteiger partial charge in [0.05, 0.1) is 19.3 Å². The summed E-state index contributed by atoms with van der Waals surface area (Å²) in [6.45, 7) is 5.96. The number of ether oxygens (including phenoxy) is 5. The predicted octanol–water partition coefficient (Wildman–Crippen LogP) is 0.932. The lowest BCUT2D eigenvalue weighted by Gasteiger charge is -2.31. The number of hydrogen-bond donors (Lipinski definition) is 3. The third kappa shape index (κ3) is 11.5. The van der Waals surface area contributed by atoms with Crippen LogP contribution < -0.4 is 14.8 Å². The first kappa shape index (κ1) is 34.2. The summed E-state index contributed by atoms with van der Waals surface area (Å²) in [4.78, 5) is 58.4. The summed E-state index contributed by atoms with van der Waals surface area (Å²) < 4.78 is 27.4. The smallest absolute Gasteiger partial charge is 0.333 e.